The second-order valence-electron chi connectivity index (χ2n) is 10.6. The van der Waals surface area contributed by atoms with Crippen LogP contribution in [-0.2, 0) is 9.59 Å². The largest absolute Gasteiger partial charge is 0.342 e. The number of rotatable bonds is 5. The van der Waals surface area contributed by atoms with Crippen LogP contribution in [0, 0.1) is 24.6 Å². The zero-order valence-corrected chi connectivity index (χ0v) is 20.4. The first-order valence-electron chi connectivity index (χ1n) is 12.4. The van der Waals surface area contributed by atoms with Gasteiger partial charge in [-0.05, 0) is 79.5 Å². The Labute approximate surface area is 207 Å². The number of carbonyl (C=O) groups is 2. The first kappa shape index (κ1) is 21.2. The number of amides is 2. The predicted molar refractivity (Wildman–Crippen MR) is 135 cm³/mol. The lowest BCUT2D eigenvalue weighted by molar-refractivity contribution is -0.139. The van der Waals surface area contributed by atoms with E-state index in [4.69, 9.17) is 4.99 Å². The van der Waals surface area contributed by atoms with Crippen LogP contribution in [0.5, 0.6) is 0 Å². The van der Waals surface area contributed by atoms with Crippen LogP contribution in [0.15, 0.2) is 47.5 Å². The Hall–Kier alpha value is -3.06. The number of amidine groups is 1. The van der Waals surface area contributed by atoms with Gasteiger partial charge in [-0.1, -0.05) is 12.1 Å². The number of thiophene rings is 1. The van der Waals surface area contributed by atoms with Crippen molar-refractivity contribution < 1.29 is 14.0 Å². The zero-order chi connectivity index (χ0) is 23.9. The van der Waals surface area contributed by atoms with Gasteiger partial charge in [0.2, 0.25) is 5.91 Å². The van der Waals surface area contributed by atoms with E-state index in [1.807, 2.05) is 17.0 Å². The number of aliphatic imine (C=N–C) groups is 1. The number of hydrogen-bond donors (Lipinski definition) is 0. The van der Waals surface area contributed by atoms with E-state index >= 15 is 4.39 Å². The molecule has 2 saturated carbocycles. The minimum absolute atomic E-state index is 0.0128. The molecule has 0 N–H and O–H groups in total. The number of likely N-dealkylation sites (tertiary alicyclic amines) is 1. The molecule has 3 aromatic rings. The Morgan fingerprint density at radius 2 is 1.86 bits per heavy atom. The van der Waals surface area contributed by atoms with Crippen molar-refractivity contribution in [2.45, 2.75) is 38.1 Å². The highest BCUT2D eigenvalue weighted by molar-refractivity contribution is 7.19. The van der Waals surface area contributed by atoms with Gasteiger partial charge < -0.3 is 4.90 Å². The summed E-state index contributed by atoms with van der Waals surface area (Å²) < 4.78 is 16.7. The second kappa shape index (κ2) is 7.47. The predicted octanol–water partition coefficient (Wildman–Crippen LogP) is 5.01. The molecule has 3 fully saturated rings. The minimum Gasteiger partial charge on any atom is -0.342 e. The topological polar surface area (TPSA) is 53.0 Å². The Morgan fingerprint density at radius 1 is 1.11 bits per heavy atom. The molecular formula is C28H26FN3O2S. The van der Waals surface area contributed by atoms with Crippen molar-refractivity contribution in [3.8, 4) is 11.1 Å². The summed E-state index contributed by atoms with van der Waals surface area (Å²) in [6.45, 7) is 3.92. The van der Waals surface area contributed by atoms with Crippen LogP contribution in [-0.4, -0.2) is 52.6 Å². The van der Waals surface area contributed by atoms with E-state index < -0.39 is 5.54 Å². The molecule has 2 amide bonds. The summed E-state index contributed by atoms with van der Waals surface area (Å²) in [6.07, 6.45) is 3.45. The summed E-state index contributed by atoms with van der Waals surface area (Å²) in [4.78, 5) is 35.1. The van der Waals surface area contributed by atoms with E-state index in [-0.39, 0.29) is 29.5 Å². The van der Waals surface area contributed by atoms with Crippen LogP contribution in [0.25, 0.3) is 21.2 Å². The summed E-state index contributed by atoms with van der Waals surface area (Å²) in [5.74, 6) is 0.752. The monoisotopic (exact) mass is 487 g/mol. The van der Waals surface area contributed by atoms with Crippen LogP contribution < -0.4 is 0 Å². The minimum atomic E-state index is -0.685. The van der Waals surface area contributed by atoms with E-state index in [1.165, 1.54) is 9.58 Å². The van der Waals surface area contributed by atoms with E-state index in [9.17, 15) is 9.59 Å². The Morgan fingerprint density at radius 3 is 2.57 bits per heavy atom. The van der Waals surface area contributed by atoms with Crippen LogP contribution in [0.4, 0.5) is 4.39 Å². The third-order valence-electron chi connectivity index (χ3n) is 7.76. The summed E-state index contributed by atoms with van der Waals surface area (Å²) in [5.41, 5.74) is 1.47. The quantitative estimate of drug-likeness (QED) is 0.508. The number of nitrogens with zero attached hydrogens (tertiary/aromatic N) is 3. The smallest absolute Gasteiger partial charge is 0.256 e. The van der Waals surface area contributed by atoms with Gasteiger partial charge in [0.1, 0.15) is 17.2 Å². The van der Waals surface area contributed by atoms with Crippen LogP contribution in [0.2, 0.25) is 0 Å². The molecule has 2 aliphatic heterocycles. The van der Waals surface area contributed by atoms with Gasteiger partial charge in [-0.25, -0.2) is 4.39 Å². The molecule has 1 spiro atoms. The maximum Gasteiger partial charge on any atom is 0.256 e. The van der Waals surface area contributed by atoms with E-state index in [0.29, 0.717) is 31.0 Å². The summed E-state index contributed by atoms with van der Waals surface area (Å²) in [6, 6.07) is 13.6. The Bertz CT molecular complexity index is 1430. The number of carbonyl (C=O) groups excluding carboxylic acids is 2. The van der Waals surface area contributed by atoms with Gasteiger partial charge >= 0.3 is 0 Å². The maximum atomic E-state index is 15.5. The number of halogens is 1. The van der Waals surface area contributed by atoms with Crippen molar-refractivity contribution in [3.63, 3.8) is 0 Å². The van der Waals surface area contributed by atoms with Crippen molar-refractivity contribution in [1.29, 1.82) is 0 Å². The van der Waals surface area contributed by atoms with Gasteiger partial charge in [0.05, 0.1) is 5.56 Å². The molecule has 0 atom stereocenters. The van der Waals surface area contributed by atoms with Gasteiger partial charge in [-0.2, -0.15) is 0 Å². The van der Waals surface area contributed by atoms with Crippen molar-refractivity contribution >= 4 is 39.1 Å². The average molecular weight is 488 g/mol. The fourth-order valence-corrected chi connectivity index (χ4v) is 6.33. The third kappa shape index (κ3) is 3.51. The molecule has 7 rings (SSSR count). The maximum absolute atomic E-state index is 15.5. The highest BCUT2D eigenvalue weighted by atomic mass is 32.1. The van der Waals surface area contributed by atoms with Crippen molar-refractivity contribution in [2.75, 3.05) is 19.6 Å². The molecule has 3 heterocycles. The molecule has 4 aliphatic rings. The van der Waals surface area contributed by atoms with Crippen molar-refractivity contribution in [2.24, 2.45) is 16.8 Å². The van der Waals surface area contributed by atoms with Crippen molar-refractivity contribution in [1.82, 2.24) is 9.80 Å². The van der Waals surface area contributed by atoms with Gasteiger partial charge in [0.15, 0.2) is 0 Å². The molecule has 2 aromatic carbocycles. The second-order valence-corrected chi connectivity index (χ2v) is 11.9. The molecule has 1 saturated heterocycles. The van der Waals surface area contributed by atoms with Gasteiger partial charge in [0, 0.05) is 41.0 Å². The number of hydrogen-bond acceptors (Lipinski definition) is 4. The number of fused-ring (bicyclic) bond motifs is 1. The molecule has 7 heteroatoms. The SMILES string of the molecule is Cc1cc2cc(-c3ccc(C4=NC5(CC5)C(=O)N4CC4CN(C(=O)C5CC5)C4)c(F)c3)ccc2s1. The van der Waals surface area contributed by atoms with Crippen molar-refractivity contribution in [3.05, 3.63) is 58.7 Å². The fourth-order valence-electron chi connectivity index (χ4n) is 5.42. The van der Waals surface area contributed by atoms with Gasteiger partial charge in [-0.3, -0.25) is 19.5 Å². The summed E-state index contributed by atoms with van der Waals surface area (Å²) in [7, 11) is 0. The highest BCUT2D eigenvalue weighted by Crippen LogP contribution is 2.46. The molecule has 0 radical (unpaired) electrons. The molecule has 0 bridgehead atoms. The first-order valence-corrected chi connectivity index (χ1v) is 13.2. The van der Waals surface area contributed by atoms with E-state index in [2.05, 4.69) is 25.1 Å². The fraction of sp³-hybridized carbons (Fsp3) is 0.393. The van der Waals surface area contributed by atoms with E-state index in [1.54, 1.807) is 28.4 Å². The zero-order valence-electron chi connectivity index (χ0n) is 19.6. The molecule has 0 unspecified atom stereocenters. The molecule has 5 nitrogen and oxygen atoms in total. The normalized spacial score (nSPS) is 21.1. The molecule has 35 heavy (non-hydrogen) atoms. The average Bonchev–Trinajstić information content (AvgIpc) is 3.72. The highest BCUT2D eigenvalue weighted by Gasteiger charge is 2.58. The van der Waals surface area contributed by atoms with Crippen LogP contribution in [0.3, 0.4) is 0 Å². The first-order chi connectivity index (χ1) is 16.9. The molecule has 2 aliphatic carbocycles. The lowest BCUT2D eigenvalue weighted by atomic mass is 9.97. The summed E-state index contributed by atoms with van der Waals surface area (Å²) in [5, 5.41) is 1.16. The van der Waals surface area contributed by atoms with Gasteiger partial charge in [-0.15, -0.1) is 11.3 Å². The lowest BCUT2D eigenvalue weighted by Gasteiger charge is -2.41. The lowest BCUT2D eigenvalue weighted by Crippen LogP contribution is -2.55. The standard InChI is InChI=1S/C28H26FN3O2S/c1-16-10-21-11-19(5-7-24(21)35-16)20-4-6-22(23(29)12-20)25-30-28(8-9-28)27(34)32(25)15-17-13-31(14-17)26(33)18-2-3-18/h4-7,10-12,17-18H,2-3,8-9,13-15H2,1H3. The van der Waals surface area contributed by atoms with E-state index in [0.717, 1.165) is 42.2 Å². The summed E-state index contributed by atoms with van der Waals surface area (Å²) >= 11 is 1.75. The van der Waals surface area contributed by atoms with Crippen LogP contribution >= 0.6 is 11.3 Å². The molecule has 178 valence electrons. The number of benzene rings is 2. The Kier molecular flexibility index (Phi) is 4.53. The molecular weight excluding hydrogens is 461 g/mol. The third-order valence-corrected chi connectivity index (χ3v) is 8.79. The van der Waals surface area contributed by atoms with Crippen LogP contribution in [0.1, 0.15) is 36.1 Å². The molecule has 1 aromatic heterocycles. The number of aryl methyl sites for hydroxylation is 1. The Balaban J connectivity index is 1.14. The van der Waals surface area contributed by atoms with Gasteiger partial charge in [0.25, 0.3) is 5.91 Å².